The molecule has 0 bridgehead atoms. The molecule has 0 saturated carbocycles. The smallest absolute Gasteiger partial charge is 0.387 e. The van der Waals surface area contributed by atoms with Crippen molar-refractivity contribution in [3.05, 3.63) is 60.2 Å². The third-order valence-corrected chi connectivity index (χ3v) is 3.55. The minimum absolute atomic E-state index is 0.319. The molecule has 0 fully saturated rings. The van der Waals surface area contributed by atoms with Gasteiger partial charge in [-0.2, -0.15) is 0 Å². The molecular weight excluding hydrogens is 291 g/mol. The van der Waals surface area contributed by atoms with Crippen molar-refractivity contribution in [3.63, 3.8) is 0 Å². The van der Waals surface area contributed by atoms with Crippen molar-refractivity contribution in [1.29, 1.82) is 0 Å². The minimum Gasteiger partial charge on any atom is -0.487 e. The molecular formula is C17H19BN2O3. The Bertz CT molecular complexity index is 659. The van der Waals surface area contributed by atoms with Crippen LogP contribution in [0.15, 0.2) is 54.6 Å². The van der Waals surface area contributed by atoms with Crippen LogP contribution in [0.1, 0.15) is 16.8 Å². The highest BCUT2D eigenvalue weighted by molar-refractivity contribution is 6.88. The van der Waals surface area contributed by atoms with Crippen LogP contribution in [-0.4, -0.2) is 30.3 Å². The first-order valence-electron chi connectivity index (χ1n) is 7.51. The second kappa shape index (κ2) is 8.15. The maximum Gasteiger partial charge on any atom is 0.387 e. The number of hydrogen-bond acceptors (Lipinski definition) is 3. The number of carbonyl (C=O) groups excluding carboxylic acids is 1. The first-order chi connectivity index (χ1) is 11.1. The Morgan fingerprint density at radius 2 is 1.61 bits per heavy atom. The van der Waals surface area contributed by atoms with Crippen LogP contribution in [0, 0.1) is 0 Å². The maximum absolute atomic E-state index is 12.2. The van der Waals surface area contributed by atoms with Crippen molar-refractivity contribution in [1.82, 2.24) is 5.23 Å². The Kier molecular flexibility index (Phi) is 5.94. The molecule has 0 radical (unpaired) electrons. The summed E-state index contributed by atoms with van der Waals surface area (Å²) in [5.41, 5.74) is 7.88. The lowest BCUT2D eigenvalue weighted by Gasteiger charge is -2.11. The zero-order valence-corrected chi connectivity index (χ0v) is 12.7. The predicted molar refractivity (Wildman–Crippen MR) is 91.6 cm³/mol. The number of rotatable bonds is 7. The van der Waals surface area contributed by atoms with Gasteiger partial charge in [0, 0.05) is 5.56 Å². The van der Waals surface area contributed by atoms with E-state index in [1.54, 1.807) is 12.1 Å². The highest BCUT2D eigenvalue weighted by Crippen LogP contribution is 2.19. The first kappa shape index (κ1) is 16.8. The second-order valence-corrected chi connectivity index (χ2v) is 5.24. The normalized spacial score (nSPS) is 10.1. The molecule has 0 heterocycles. The lowest BCUT2D eigenvalue weighted by atomic mass is 9.58. The van der Waals surface area contributed by atoms with Gasteiger partial charge in [0.25, 0.3) is 5.87 Å². The zero-order valence-electron chi connectivity index (χ0n) is 12.7. The van der Waals surface area contributed by atoms with Gasteiger partial charge < -0.3 is 16.1 Å². The fourth-order valence-electron chi connectivity index (χ4n) is 2.27. The summed E-state index contributed by atoms with van der Waals surface area (Å²) in [6.45, 7) is -0.523. The van der Waals surface area contributed by atoms with Crippen LogP contribution in [-0.2, 0) is 0 Å². The van der Waals surface area contributed by atoms with Crippen LogP contribution in [0.5, 0.6) is 0 Å². The number of nitrogens with one attached hydrogen (secondary N) is 1. The largest absolute Gasteiger partial charge is 0.487 e. The van der Waals surface area contributed by atoms with Gasteiger partial charge in [-0.1, -0.05) is 42.5 Å². The molecule has 2 aromatic rings. The number of amides is 1. The number of hydrogen-bond donors (Lipinski definition) is 3. The molecule has 6 heteroatoms. The van der Waals surface area contributed by atoms with Crippen LogP contribution in [0.4, 0.5) is 4.79 Å². The molecule has 5 nitrogen and oxygen atoms in total. The molecule has 0 aliphatic rings. The summed E-state index contributed by atoms with van der Waals surface area (Å²) in [6, 6.07) is 16.9. The van der Waals surface area contributed by atoms with E-state index in [0.717, 1.165) is 11.1 Å². The number of benzene rings is 2. The third-order valence-electron chi connectivity index (χ3n) is 3.55. The lowest BCUT2D eigenvalue weighted by Crippen LogP contribution is -2.44. The van der Waals surface area contributed by atoms with Gasteiger partial charge in [0.2, 0.25) is 5.91 Å². The molecule has 2 aromatic carbocycles. The van der Waals surface area contributed by atoms with Crippen molar-refractivity contribution >= 4 is 18.6 Å². The van der Waals surface area contributed by atoms with Gasteiger partial charge in [0.15, 0.2) is 0 Å². The lowest BCUT2D eigenvalue weighted by molar-refractivity contribution is 0.0978. The molecule has 23 heavy (non-hydrogen) atoms. The van der Waals surface area contributed by atoms with Crippen LogP contribution in [0.3, 0.4) is 0 Å². The third kappa shape index (κ3) is 4.69. The van der Waals surface area contributed by atoms with Crippen LogP contribution >= 0.6 is 0 Å². The Morgan fingerprint density at radius 1 is 1.00 bits per heavy atom. The van der Waals surface area contributed by atoms with Crippen LogP contribution in [0.2, 0.25) is 6.32 Å². The molecule has 0 aromatic heterocycles. The Morgan fingerprint density at radius 3 is 2.17 bits per heavy atom. The predicted octanol–water partition coefficient (Wildman–Crippen LogP) is 2.68. The van der Waals surface area contributed by atoms with E-state index in [4.69, 9.17) is 10.8 Å². The highest BCUT2D eigenvalue weighted by Gasteiger charge is 2.26. The van der Waals surface area contributed by atoms with E-state index in [0.29, 0.717) is 24.8 Å². The quantitative estimate of drug-likeness (QED) is 0.686. The monoisotopic (exact) mass is 310 g/mol. The molecule has 0 saturated heterocycles. The van der Waals surface area contributed by atoms with Gasteiger partial charge >= 0.3 is 6.85 Å². The SMILES string of the molecule is NCCCB(NC(=O)c1ccc(-c2ccccc2)cc1)C(=O)O. The summed E-state index contributed by atoms with van der Waals surface area (Å²) in [6.07, 6.45) is 0.865. The van der Waals surface area contributed by atoms with Crippen molar-refractivity contribution in [2.75, 3.05) is 6.54 Å². The van der Waals surface area contributed by atoms with E-state index in [2.05, 4.69) is 5.23 Å². The standard InChI is InChI=1S/C17H19BN2O3/c19-12-4-11-18(17(22)23)20-16(21)15-9-7-14(8-10-15)13-5-2-1-3-6-13/h1-3,5-10H,4,11-12,19H2,(H,20,21)(H,22,23). The highest BCUT2D eigenvalue weighted by atomic mass is 16.4. The average Bonchev–Trinajstić information content (AvgIpc) is 2.59. The maximum atomic E-state index is 12.2. The van der Waals surface area contributed by atoms with E-state index in [1.165, 1.54) is 0 Å². The van der Waals surface area contributed by atoms with Gasteiger partial charge in [-0.05, 0) is 42.5 Å². The fourth-order valence-corrected chi connectivity index (χ4v) is 2.27. The Labute approximate surface area is 135 Å². The molecule has 4 N–H and O–H groups in total. The fraction of sp³-hybridized carbons (Fsp3) is 0.176. The Hall–Kier alpha value is -2.60. The van der Waals surface area contributed by atoms with Crippen LogP contribution in [0.25, 0.3) is 11.1 Å². The topological polar surface area (TPSA) is 92.4 Å². The summed E-state index contributed by atoms with van der Waals surface area (Å²) in [5, 5.41) is 11.7. The molecule has 0 spiro atoms. The molecule has 0 unspecified atom stereocenters. The molecule has 0 aliphatic carbocycles. The van der Waals surface area contributed by atoms with Crippen LogP contribution < -0.4 is 11.0 Å². The van der Waals surface area contributed by atoms with Crippen molar-refractivity contribution in [2.45, 2.75) is 12.7 Å². The van der Waals surface area contributed by atoms with E-state index < -0.39 is 18.6 Å². The zero-order chi connectivity index (χ0) is 16.7. The number of carbonyl (C=O) groups is 2. The minimum atomic E-state index is -1.05. The second-order valence-electron chi connectivity index (χ2n) is 5.24. The molecule has 2 rings (SSSR count). The van der Waals surface area contributed by atoms with Crippen molar-refractivity contribution in [3.8, 4) is 11.1 Å². The van der Waals surface area contributed by atoms with Gasteiger partial charge in [0.1, 0.15) is 0 Å². The summed E-state index contributed by atoms with van der Waals surface area (Å²) in [4.78, 5) is 23.3. The average molecular weight is 310 g/mol. The van der Waals surface area contributed by atoms with E-state index in [9.17, 15) is 9.59 Å². The molecule has 0 aliphatic heterocycles. The molecule has 118 valence electrons. The van der Waals surface area contributed by atoms with Crippen molar-refractivity contribution in [2.24, 2.45) is 5.73 Å². The summed E-state index contributed by atoms with van der Waals surface area (Å²) in [5.74, 6) is -1.44. The van der Waals surface area contributed by atoms with Gasteiger partial charge in [0.05, 0.1) is 0 Å². The summed E-state index contributed by atoms with van der Waals surface area (Å²) < 4.78 is 0. The molecule has 0 atom stereocenters. The Balaban J connectivity index is 2.06. The number of carboxylic acid groups (broad SMARTS) is 1. The first-order valence-corrected chi connectivity index (χ1v) is 7.51. The molecule has 1 amide bonds. The van der Waals surface area contributed by atoms with Gasteiger partial charge in [-0.25, -0.2) is 0 Å². The van der Waals surface area contributed by atoms with E-state index in [-0.39, 0.29) is 0 Å². The van der Waals surface area contributed by atoms with E-state index in [1.807, 2.05) is 42.5 Å². The number of nitrogens with two attached hydrogens (primary N) is 1. The summed E-state index contributed by atoms with van der Waals surface area (Å²) in [7, 11) is 0. The van der Waals surface area contributed by atoms with Gasteiger partial charge in [-0.3, -0.25) is 9.59 Å². The van der Waals surface area contributed by atoms with E-state index >= 15 is 0 Å². The van der Waals surface area contributed by atoms with Crippen molar-refractivity contribution < 1.29 is 14.7 Å². The van der Waals surface area contributed by atoms with Gasteiger partial charge in [-0.15, -0.1) is 0 Å². The summed E-state index contributed by atoms with van der Waals surface area (Å²) >= 11 is 0.